The molecular weight excluding hydrogens is 252 g/mol. The van der Waals surface area contributed by atoms with E-state index in [1.165, 1.54) is 29.9 Å². The zero-order valence-corrected chi connectivity index (χ0v) is 9.94. The van der Waals surface area contributed by atoms with Gasteiger partial charge in [0.15, 0.2) is 5.13 Å². The molecule has 6 nitrogen and oxygen atoms in total. The molecule has 0 saturated carbocycles. The molecule has 1 amide bonds. The number of aromatic nitrogens is 3. The van der Waals surface area contributed by atoms with Gasteiger partial charge in [-0.1, -0.05) is 23.2 Å². The molecule has 0 radical (unpaired) electrons. The normalized spacial score (nSPS) is 9.39. The average molecular weight is 260 g/mol. The van der Waals surface area contributed by atoms with Gasteiger partial charge in [0.1, 0.15) is 6.61 Å². The molecule has 0 aliphatic heterocycles. The van der Waals surface area contributed by atoms with E-state index >= 15 is 0 Å². The molecule has 0 unspecified atom stereocenters. The number of aliphatic hydroxyl groups excluding tert-OH is 1. The quantitative estimate of drug-likeness (QED) is 0.769. The van der Waals surface area contributed by atoms with Crippen LogP contribution in [0.3, 0.4) is 0 Å². The van der Waals surface area contributed by atoms with Crippen molar-refractivity contribution in [1.82, 2.24) is 15.2 Å². The number of carbonyl (C=O) groups is 1. The fourth-order valence-electron chi connectivity index (χ4n) is 1.11. The standard InChI is InChI=1S/C11H8N4O2S/c16-5-1-2-9-7-12-11(18-9)15-10(17)8-3-4-13-14-6-8/h3-4,6-7,16H,5H2,(H,12,15,17). The van der Waals surface area contributed by atoms with E-state index in [9.17, 15) is 4.79 Å². The summed E-state index contributed by atoms with van der Waals surface area (Å²) in [5, 5.41) is 18.8. The monoisotopic (exact) mass is 260 g/mol. The molecule has 0 aromatic carbocycles. The Morgan fingerprint density at radius 1 is 1.44 bits per heavy atom. The van der Waals surface area contributed by atoms with Gasteiger partial charge in [-0.2, -0.15) is 10.2 Å². The van der Waals surface area contributed by atoms with Crippen LogP contribution in [-0.2, 0) is 0 Å². The fraction of sp³-hybridized carbons (Fsp3) is 0.0909. The Balaban J connectivity index is 2.06. The highest BCUT2D eigenvalue weighted by molar-refractivity contribution is 7.16. The second-order valence-corrected chi connectivity index (χ2v) is 4.11. The maximum Gasteiger partial charge on any atom is 0.259 e. The topological polar surface area (TPSA) is 88.0 Å². The van der Waals surface area contributed by atoms with Gasteiger partial charge in [-0.05, 0) is 6.07 Å². The highest BCUT2D eigenvalue weighted by Crippen LogP contribution is 2.17. The molecule has 0 saturated heterocycles. The summed E-state index contributed by atoms with van der Waals surface area (Å²) in [5.74, 6) is 4.91. The number of carbonyl (C=O) groups excluding carboxylic acids is 1. The summed E-state index contributed by atoms with van der Waals surface area (Å²) in [6.07, 6.45) is 4.35. The molecule has 2 aromatic rings. The largest absolute Gasteiger partial charge is 0.384 e. The smallest absolute Gasteiger partial charge is 0.259 e. The number of hydrogen-bond donors (Lipinski definition) is 2. The van der Waals surface area contributed by atoms with Crippen LogP contribution < -0.4 is 5.32 Å². The number of anilines is 1. The molecular formula is C11H8N4O2S. The molecule has 0 atom stereocenters. The maximum absolute atomic E-state index is 11.7. The third-order valence-electron chi connectivity index (χ3n) is 1.86. The van der Waals surface area contributed by atoms with Gasteiger partial charge in [0.25, 0.3) is 5.91 Å². The first-order valence-electron chi connectivity index (χ1n) is 4.93. The molecule has 18 heavy (non-hydrogen) atoms. The van der Waals surface area contributed by atoms with Crippen molar-refractivity contribution in [2.24, 2.45) is 0 Å². The number of aliphatic hydroxyl groups is 1. The van der Waals surface area contributed by atoms with Crippen molar-refractivity contribution >= 4 is 22.4 Å². The van der Waals surface area contributed by atoms with Crippen LogP contribution in [0.5, 0.6) is 0 Å². The van der Waals surface area contributed by atoms with E-state index in [0.29, 0.717) is 15.6 Å². The molecule has 90 valence electrons. The van der Waals surface area contributed by atoms with Crippen molar-refractivity contribution < 1.29 is 9.90 Å². The fourth-order valence-corrected chi connectivity index (χ4v) is 1.80. The van der Waals surface area contributed by atoms with E-state index in [0.717, 1.165) is 0 Å². The molecule has 0 spiro atoms. The molecule has 2 aromatic heterocycles. The molecule has 7 heteroatoms. The number of nitrogens with zero attached hydrogens (tertiary/aromatic N) is 3. The highest BCUT2D eigenvalue weighted by atomic mass is 32.1. The molecule has 0 bridgehead atoms. The minimum Gasteiger partial charge on any atom is -0.384 e. The number of amides is 1. The zero-order valence-electron chi connectivity index (χ0n) is 9.12. The van der Waals surface area contributed by atoms with Gasteiger partial charge in [-0.15, -0.1) is 0 Å². The lowest BCUT2D eigenvalue weighted by atomic mass is 10.3. The minimum atomic E-state index is -0.305. The predicted octanol–water partition coefficient (Wildman–Crippen LogP) is 0.529. The molecule has 2 N–H and O–H groups in total. The lowest BCUT2D eigenvalue weighted by Crippen LogP contribution is -2.11. The molecule has 0 aliphatic carbocycles. The minimum absolute atomic E-state index is 0.206. The summed E-state index contributed by atoms with van der Waals surface area (Å²) in [4.78, 5) is 16.4. The first kappa shape index (κ1) is 12.2. The Hall–Kier alpha value is -2.30. The van der Waals surface area contributed by atoms with Gasteiger partial charge in [0.2, 0.25) is 0 Å². The van der Waals surface area contributed by atoms with Crippen LogP contribution in [0.25, 0.3) is 0 Å². The summed E-state index contributed by atoms with van der Waals surface area (Å²) in [6.45, 7) is -0.206. The lowest BCUT2D eigenvalue weighted by Gasteiger charge is -1.99. The van der Waals surface area contributed by atoms with E-state index < -0.39 is 0 Å². The maximum atomic E-state index is 11.7. The van der Waals surface area contributed by atoms with Crippen molar-refractivity contribution in [3.63, 3.8) is 0 Å². The summed E-state index contributed by atoms with van der Waals surface area (Å²) in [6, 6.07) is 1.56. The Labute approximate surface area is 107 Å². The van der Waals surface area contributed by atoms with Crippen molar-refractivity contribution in [2.75, 3.05) is 11.9 Å². The summed E-state index contributed by atoms with van der Waals surface area (Å²) < 4.78 is 0. The van der Waals surface area contributed by atoms with Crippen molar-refractivity contribution in [1.29, 1.82) is 0 Å². The van der Waals surface area contributed by atoms with Crippen LogP contribution in [0.2, 0.25) is 0 Å². The number of rotatable bonds is 2. The lowest BCUT2D eigenvalue weighted by molar-refractivity contribution is 0.102. The van der Waals surface area contributed by atoms with Gasteiger partial charge in [-0.3, -0.25) is 10.1 Å². The predicted molar refractivity (Wildman–Crippen MR) is 66.1 cm³/mol. The Kier molecular flexibility index (Phi) is 3.96. The highest BCUT2D eigenvalue weighted by Gasteiger charge is 2.08. The van der Waals surface area contributed by atoms with Crippen LogP contribution in [0.15, 0.2) is 24.7 Å². The van der Waals surface area contributed by atoms with Gasteiger partial charge in [0, 0.05) is 0 Å². The van der Waals surface area contributed by atoms with Crippen molar-refractivity contribution in [3.8, 4) is 11.8 Å². The van der Waals surface area contributed by atoms with Gasteiger partial charge >= 0.3 is 0 Å². The molecule has 2 heterocycles. The van der Waals surface area contributed by atoms with E-state index in [4.69, 9.17) is 5.11 Å². The second-order valence-electron chi connectivity index (χ2n) is 3.07. The Morgan fingerprint density at radius 3 is 3.06 bits per heavy atom. The van der Waals surface area contributed by atoms with E-state index in [1.807, 2.05) is 0 Å². The van der Waals surface area contributed by atoms with E-state index in [2.05, 4.69) is 32.3 Å². The third-order valence-corrected chi connectivity index (χ3v) is 2.69. The Morgan fingerprint density at radius 2 is 2.33 bits per heavy atom. The second kappa shape index (κ2) is 5.86. The van der Waals surface area contributed by atoms with Gasteiger partial charge in [0.05, 0.1) is 29.0 Å². The molecule has 0 fully saturated rings. The number of hydrogen-bond acceptors (Lipinski definition) is 6. The summed E-state index contributed by atoms with van der Waals surface area (Å²) in [7, 11) is 0. The van der Waals surface area contributed by atoms with Crippen LogP contribution >= 0.6 is 11.3 Å². The third kappa shape index (κ3) is 3.10. The van der Waals surface area contributed by atoms with Crippen LogP contribution in [0, 0.1) is 11.8 Å². The average Bonchev–Trinajstić information content (AvgIpc) is 2.85. The van der Waals surface area contributed by atoms with E-state index in [-0.39, 0.29) is 12.5 Å². The number of nitrogens with one attached hydrogen (secondary N) is 1. The van der Waals surface area contributed by atoms with E-state index in [1.54, 1.807) is 6.07 Å². The van der Waals surface area contributed by atoms with Crippen LogP contribution in [0.4, 0.5) is 5.13 Å². The SMILES string of the molecule is O=C(Nc1ncc(C#CCO)s1)c1ccnnc1. The first-order valence-corrected chi connectivity index (χ1v) is 5.75. The number of thiazole rings is 1. The first-order chi connectivity index (χ1) is 8.79. The molecule has 0 aliphatic rings. The molecule has 2 rings (SSSR count). The van der Waals surface area contributed by atoms with Crippen LogP contribution in [-0.4, -0.2) is 32.8 Å². The summed E-state index contributed by atoms with van der Waals surface area (Å²) >= 11 is 1.23. The van der Waals surface area contributed by atoms with Crippen LogP contribution in [0.1, 0.15) is 15.2 Å². The van der Waals surface area contributed by atoms with Crippen molar-refractivity contribution in [2.45, 2.75) is 0 Å². The van der Waals surface area contributed by atoms with Gasteiger partial charge in [-0.25, -0.2) is 4.98 Å². The van der Waals surface area contributed by atoms with Gasteiger partial charge < -0.3 is 5.11 Å². The Bertz CT molecular complexity index is 600. The summed E-state index contributed by atoms with van der Waals surface area (Å²) in [5.41, 5.74) is 0.406. The zero-order chi connectivity index (χ0) is 12.8. The van der Waals surface area contributed by atoms with Crippen molar-refractivity contribution in [3.05, 3.63) is 35.1 Å².